The number of aryl methyl sites for hydroxylation is 1. The topological polar surface area (TPSA) is 56.7 Å². The number of benzene rings is 1. The van der Waals surface area contributed by atoms with E-state index in [9.17, 15) is 0 Å². The van der Waals surface area contributed by atoms with Gasteiger partial charge >= 0.3 is 0 Å². The molecule has 0 bridgehead atoms. The van der Waals surface area contributed by atoms with Crippen LogP contribution in [0.4, 0.5) is 5.69 Å². The molecule has 1 saturated carbocycles. The largest absolute Gasteiger partial charge is 0.398 e. The summed E-state index contributed by atoms with van der Waals surface area (Å²) in [5, 5.41) is 8.59. The van der Waals surface area contributed by atoms with Crippen molar-refractivity contribution in [1.29, 1.82) is 0 Å². The highest BCUT2D eigenvalue weighted by Gasteiger charge is 2.23. The molecule has 0 radical (unpaired) electrons. The smallest absolute Gasteiger partial charge is 0.166 e. The monoisotopic (exact) mass is 320 g/mol. The van der Waals surface area contributed by atoms with Crippen LogP contribution >= 0.6 is 15.9 Å². The van der Waals surface area contributed by atoms with Crippen molar-refractivity contribution in [2.45, 2.75) is 38.6 Å². The van der Waals surface area contributed by atoms with Gasteiger partial charge in [0.05, 0.1) is 0 Å². The second kappa shape index (κ2) is 4.96. The Morgan fingerprint density at radius 2 is 2.00 bits per heavy atom. The minimum atomic E-state index is 0.521. The number of anilines is 1. The van der Waals surface area contributed by atoms with E-state index in [0.717, 1.165) is 27.4 Å². The molecule has 2 N–H and O–H groups in total. The van der Waals surface area contributed by atoms with Crippen molar-refractivity contribution in [3.05, 3.63) is 28.5 Å². The zero-order chi connectivity index (χ0) is 13.4. The highest BCUT2D eigenvalue weighted by atomic mass is 79.9. The number of nitrogen functional groups attached to an aromatic ring is 1. The van der Waals surface area contributed by atoms with Crippen LogP contribution in [0.15, 0.2) is 22.7 Å². The maximum Gasteiger partial charge on any atom is 0.166 e. The van der Waals surface area contributed by atoms with Gasteiger partial charge in [-0.25, -0.2) is 0 Å². The van der Waals surface area contributed by atoms with Gasteiger partial charge in [-0.1, -0.05) is 28.8 Å². The van der Waals surface area contributed by atoms with Crippen LogP contribution in [-0.2, 0) is 0 Å². The summed E-state index contributed by atoms with van der Waals surface area (Å²) < 4.78 is 3.24. The Morgan fingerprint density at radius 3 is 2.68 bits per heavy atom. The predicted molar refractivity (Wildman–Crippen MR) is 79.8 cm³/mol. The third-order valence-corrected chi connectivity index (χ3v) is 4.30. The zero-order valence-electron chi connectivity index (χ0n) is 10.9. The number of nitrogens with zero attached hydrogens (tertiary/aromatic N) is 3. The van der Waals surface area contributed by atoms with E-state index in [-0.39, 0.29) is 0 Å². The molecule has 1 fully saturated rings. The van der Waals surface area contributed by atoms with Gasteiger partial charge in [0.2, 0.25) is 0 Å². The maximum atomic E-state index is 6.12. The molecule has 0 saturated heterocycles. The van der Waals surface area contributed by atoms with E-state index in [2.05, 4.69) is 30.7 Å². The van der Waals surface area contributed by atoms with Crippen molar-refractivity contribution in [1.82, 2.24) is 14.8 Å². The van der Waals surface area contributed by atoms with Crippen LogP contribution in [0.3, 0.4) is 0 Å². The summed E-state index contributed by atoms with van der Waals surface area (Å²) in [5.74, 6) is 1.87. The number of nitrogens with two attached hydrogens (primary N) is 1. The highest BCUT2D eigenvalue weighted by Crippen LogP contribution is 2.35. The maximum absolute atomic E-state index is 6.12. The fourth-order valence-electron chi connectivity index (χ4n) is 2.89. The Bertz CT molecular complexity index is 599. The fourth-order valence-corrected chi connectivity index (χ4v) is 3.27. The average molecular weight is 321 g/mol. The van der Waals surface area contributed by atoms with Gasteiger partial charge in [-0.3, -0.25) is 0 Å². The Balaban J connectivity index is 2.09. The molecule has 1 heterocycles. The van der Waals surface area contributed by atoms with Gasteiger partial charge < -0.3 is 10.3 Å². The minimum Gasteiger partial charge on any atom is -0.398 e. The zero-order valence-corrected chi connectivity index (χ0v) is 12.5. The van der Waals surface area contributed by atoms with Gasteiger partial charge in [0.15, 0.2) is 5.82 Å². The van der Waals surface area contributed by atoms with Crippen LogP contribution in [0.5, 0.6) is 0 Å². The van der Waals surface area contributed by atoms with Crippen LogP contribution in [0, 0.1) is 6.92 Å². The summed E-state index contributed by atoms with van der Waals surface area (Å²) in [4.78, 5) is 0. The number of halogens is 1. The van der Waals surface area contributed by atoms with Crippen molar-refractivity contribution in [2.75, 3.05) is 5.73 Å². The first-order valence-electron chi connectivity index (χ1n) is 6.63. The second-order valence-electron chi connectivity index (χ2n) is 5.11. The second-order valence-corrected chi connectivity index (χ2v) is 6.03. The van der Waals surface area contributed by atoms with Crippen molar-refractivity contribution in [3.8, 4) is 11.4 Å². The Hall–Kier alpha value is -1.36. The minimum absolute atomic E-state index is 0.521. The van der Waals surface area contributed by atoms with E-state index < -0.39 is 0 Å². The van der Waals surface area contributed by atoms with Crippen molar-refractivity contribution in [3.63, 3.8) is 0 Å². The van der Waals surface area contributed by atoms with Crippen LogP contribution in [-0.4, -0.2) is 14.8 Å². The van der Waals surface area contributed by atoms with Gasteiger partial charge in [0, 0.05) is 21.8 Å². The van der Waals surface area contributed by atoms with Gasteiger partial charge in [-0.05, 0) is 38.0 Å². The van der Waals surface area contributed by atoms with Gasteiger partial charge in [0.1, 0.15) is 5.82 Å². The van der Waals surface area contributed by atoms with Crippen LogP contribution < -0.4 is 5.73 Å². The number of aromatic nitrogens is 3. The lowest BCUT2D eigenvalue weighted by Gasteiger charge is -2.16. The molecule has 100 valence electrons. The standard InChI is InChI=1S/C14H17BrN4/c1-9-17-18-14(19(9)11-4-2-3-5-11)12-7-6-10(15)8-13(12)16/h6-8,11H,2-5,16H2,1H3. The lowest BCUT2D eigenvalue weighted by atomic mass is 10.1. The summed E-state index contributed by atoms with van der Waals surface area (Å²) in [5.41, 5.74) is 7.82. The Morgan fingerprint density at radius 1 is 1.26 bits per heavy atom. The van der Waals surface area contributed by atoms with E-state index in [0.29, 0.717) is 6.04 Å². The third kappa shape index (κ3) is 2.27. The quantitative estimate of drug-likeness (QED) is 0.858. The molecule has 2 aromatic rings. The summed E-state index contributed by atoms with van der Waals surface area (Å²) in [7, 11) is 0. The van der Waals surface area contributed by atoms with Gasteiger partial charge in [0.25, 0.3) is 0 Å². The molecule has 0 amide bonds. The van der Waals surface area contributed by atoms with Crippen LogP contribution in [0.2, 0.25) is 0 Å². The summed E-state index contributed by atoms with van der Waals surface area (Å²) in [6.07, 6.45) is 5.00. The Labute approximate surface area is 121 Å². The molecule has 1 aliphatic rings. The first-order chi connectivity index (χ1) is 9.16. The molecule has 5 heteroatoms. The number of hydrogen-bond donors (Lipinski definition) is 1. The van der Waals surface area contributed by atoms with Gasteiger partial charge in [-0.15, -0.1) is 10.2 Å². The number of rotatable bonds is 2. The molecule has 1 aromatic carbocycles. The summed E-state index contributed by atoms with van der Waals surface area (Å²) in [6.45, 7) is 2.02. The molecular formula is C14H17BrN4. The van der Waals surface area contributed by atoms with Crippen molar-refractivity contribution < 1.29 is 0 Å². The molecule has 0 aliphatic heterocycles. The highest BCUT2D eigenvalue weighted by molar-refractivity contribution is 9.10. The molecule has 0 atom stereocenters. The van der Waals surface area contributed by atoms with Crippen molar-refractivity contribution >= 4 is 21.6 Å². The molecular weight excluding hydrogens is 304 g/mol. The number of hydrogen-bond acceptors (Lipinski definition) is 3. The van der Waals surface area contributed by atoms with E-state index in [1.165, 1.54) is 25.7 Å². The SMILES string of the molecule is Cc1nnc(-c2ccc(Br)cc2N)n1C1CCCC1. The van der Waals surface area contributed by atoms with E-state index >= 15 is 0 Å². The molecule has 1 aromatic heterocycles. The summed E-state index contributed by atoms with van der Waals surface area (Å²) >= 11 is 3.44. The average Bonchev–Trinajstić information content (AvgIpc) is 2.98. The van der Waals surface area contributed by atoms with Crippen LogP contribution in [0.25, 0.3) is 11.4 Å². The molecule has 0 unspecified atom stereocenters. The Kier molecular flexibility index (Phi) is 3.31. The third-order valence-electron chi connectivity index (χ3n) is 3.81. The summed E-state index contributed by atoms with van der Waals surface area (Å²) in [6, 6.07) is 6.44. The predicted octanol–water partition coefficient (Wildman–Crippen LogP) is 3.71. The van der Waals surface area contributed by atoms with Crippen LogP contribution in [0.1, 0.15) is 37.5 Å². The van der Waals surface area contributed by atoms with E-state index in [4.69, 9.17) is 5.73 Å². The molecule has 0 spiro atoms. The van der Waals surface area contributed by atoms with Gasteiger partial charge in [-0.2, -0.15) is 0 Å². The first kappa shape index (κ1) is 12.7. The molecule has 4 nitrogen and oxygen atoms in total. The normalized spacial score (nSPS) is 16.1. The van der Waals surface area contributed by atoms with Crippen molar-refractivity contribution in [2.24, 2.45) is 0 Å². The molecule has 1 aliphatic carbocycles. The fraction of sp³-hybridized carbons (Fsp3) is 0.429. The lowest BCUT2D eigenvalue weighted by Crippen LogP contribution is -2.09. The van der Waals surface area contributed by atoms with E-state index in [1.54, 1.807) is 0 Å². The first-order valence-corrected chi connectivity index (χ1v) is 7.43. The lowest BCUT2D eigenvalue weighted by molar-refractivity contribution is 0.510. The van der Waals surface area contributed by atoms with E-state index in [1.807, 2.05) is 25.1 Å². The molecule has 19 heavy (non-hydrogen) atoms. The molecule has 3 rings (SSSR count).